The number of nitrogens with zero attached hydrogens (tertiary/aromatic N) is 3. The average molecular weight is 343 g/mol. The highest BCUT2D eigenvalue weighted by Gasteiger charge is 2.26. The van der Waals surface area contributed by atoms with E-state index < -0.39 is 0 Å². The number of benzene rings is 1. The Kier molecular flexibility index (Phi) is 4.40. The molecule has 0 N–H and O–H groups in total. The van der Waals surface area contributed by atoms with E-state index in [1.165, 1.54) is 12.1 Å². The Morgan fingerprint density at radius 1 is 1.21 bits per heavy atom. The van der Waals surface area contributed by atoms with Crippen LogP contribution in [0.3, 0.4) is 0 Å². The molecule has 1 atom stereocenters. The molecule has 0 spiro atoms. The van der Waals surface area contributed by atoms with Gasteiger partial charge in [-0.25, -0.2) is 4.39 Å². The molecule has 0 aliphatic carbocycles. The van der Waals surface area contributed by atoms with Gasteiger partial charge in [-0.2, -0.15) is 0 Å². The summed E-state index contributed by atoms with van der Waals surface area (Å²) in [5.41, 5.74) is 1.13. The molecule has 124 valence electrons. The van der Waals surface area contributed by atoms with Gasteiger partial charge in [-0.1, -0.05) is 18.2 Å². The highest BCUT2D eigenvalue weighted by Crippen LogP contribution is 2.30. The number of rotatable bonds is 4. The van der Waals surface area contributed by atoms with Crippen LogP contribution >= 0.6 is 11.3 Å². The summed E-state index contributed by atoms with van der Waals surface area (Å²) in [6, 6.07) is 10.7. The second-order valence-electron chi connectivity index (χ2n) is 6.12. The molecule has 0 saturated carbocycles. The molecule has 0 unspecified atom stereocenters. The van der Waals surface area contributed by atoms with Crippen molar-refractivity contribution in [3.63, 3.8) is 0 Å². The van der Waals surface area contributed by atoms with Gasteiger partial charge in [0.05, 0.1) is 10.8 Å². The highest BCUT2D eigenvalue weighted by atomic mass is 32.1. The Bertz CT molecular complexity index is 785. The van der Waals surface area contributed by atoms with Crippen LogP contribution in [0.5, 0.6) is 0 Å². The fraction of sp³-hybridized carbons (Fsp3) is 0.333. The minimum Gasteiger partial charge on any atom is -0.420 e. The molecular weight excluding hydrogens is 325 g/mol. The smallest absolute Gasteiger partial charge is 0.257 e. The average Bonchev–Trinajstić information content (AvgIpc) is 3.28. The summed E-state index contributed by atoms with van der Waals surface area (Å²) in [6.07, 6.45) is 2.16. The van der Waals surface area contributed by atoms with Crippen LogP contribution < -0.4 is 0 Å². The summed E-state index contributed by atoms with van der Waals surface area (Å²) in [5, 5.41) is 10.5. The molecule has 1 aliphatic heterocycles. The maximum Gasteiger partial charge on any atom is 0.257 e. The molecule has 1 fully saturated rings. The van der Waals surface area contributed by atoms with Gasteiger partial charge < -0.3 is 4.42 Å². The number of halogens is 1. The SMILES string of the molecule is Fc1ccc(CN2CCC[C@@H](c3nnc(-c4cccs4)o3)C2)cc1. The van der Waals surface area contributed by atoms with Crippen molar-refractivity contribution in [2.24, 2.45) is 0 Å². The summed E-state index contributed by atoms with van der Waals surface area (Å²) in [7, 11) is 0. The Hall–Kier alpha value is -2.05. The normalized spacial score (nSPS) is 18.8. The van der Waals surface area contributed by atoms with Gasteiger partial charge in [-0.3, -0.25) is 4.90 Å². The number of aromatic nitrogens is 2. The minimum absolute atomic E-state index is 0.192. The zero-order chi connectivity index (χ0) is 16.4. The van der Waals surface area contributed by atoms with Gasteiger partial charge in [0.25, 0.3) is 5.89 Å². The van der Waals surface area contributed by atoms with Crippen molar-refractivity contribution in [3.05, 3.63) is 59.0 Å². The molecule has 3 heterocycles. The quantitative estimate of drug-likeness (QED) is 0.708. The first-order chi connectivity index (χ1) is 11.8. The van der Waals surface area contributed by atoms with Crippen molar-refractivity contribution >= 4 is 11.3 Å². The maximum atomic E-state index is 13.0. The first kappa shape index (κ1) is 15.5. The summed E-state index contributed by atoms with van der Waals surface area (Å²) in [6.45, 7) is 2.76. The predicted octanol–water partition coefficient (Wildman–Crippen LogP) is 4.32. The zero-order valence-electron chi connectivity index (χ0n) is 13.2. The second kappa shape index (κ2) is 6.83. The molecule has 4 nitrogen and oxygen atoms in total. The first-order valence-corrected chi connectivity index (χ1v) is 9.00. The van der Waals surface area contributed by atoms with Gasteiger partial charge in [0, 0.05) is 13.1 Å². The molecular formula is C18H18FN3OS. The largest absolute Gasteiger partial charge is 0.420 e. The van der Waals surface area contributed by atoms with Crippen LogP contribution in [0.2, 0.25) is 0 Å². The van der Waals surface area contributed by atoms with Crippen molar-refractivity contribution < 1.29 is 8.81 Å². The molecule has 0 radical (unpaired) electrons. The van der Waals surface area contributed by atoms with Crippen molar-refractivity contribution in [1.29, 1.82) is 0 Å². The lowest BCUT2D eigenvalue weighted by atomic mass is 9.97. The molecule has 3 aromatic rings. The third kappa shape index (κ3) is 3.39. The van der Waals surface area contributed by atoms with Crippen LogP contribution in [0.25, 0.3) is 10.8 Å². The number of likely N-dealkylation sites (tertiary alicyclic amines) is 1. The summed E-state index contributed by atoms with van der Waals surface area (Å²) in [5.74, 6) is 1.40. The zero-order valence-corrected chi connectivity index (χ0v) is 14.0. The van der Waals surface area contributed by atoms with Crippen LogP contribution in [0.15, 0.2) is 46.2 Å². The Morgan fingerprint density at radius 3 is 2.88 bits per heavy atom. The van der Waals surface area contributed by atoms with E-state index in [0.717, 1.165) is 48.8 Å². The summed E-state index contributed by atoms with van der Waals surface area (Å²) in [4.78, 5) is 3.38. The lowest BCUT2D eigenvalue weighted by Crippen LogP contribution is -2.34. The summed E-state index contributed by atoms with van der Waals surface area (Å²) >= 11 is 1.60. The molecule has 1 aromatic carbocycles. The standard InChI is InChI=1S/C18H18FN3OS/c19-15-7-5-13(6-8-15)11-22-9-1-3-14(12-22)17-20-21-18(23-17)16-4-2-10-24-16/h2,4-8,10,14H,1,3,9,11-12H2/t14-/m1/s1. The third-order valence-corrected chi connectivity index (χ3v) is 5.20. The van der Waals surface area contributed by atoms with Gasteiger partial charge in [0.1, 0.15) is 5.82 Å². The van der Waals surface area contributed by atoms with Crippen molar-refractivity contribution in [2.45, 2.75) is 25.3 Å². The second-order valence-corrected chi connectivity index (χ2v) is 7.07. The predicted molar refractivity (Wildman–Crippen MR) is 91.3 cm³/mol. The van der Waals surface area contributed by atoms with E-state index >= 15 is 0 Å². The fourth-order valence-electron chi connectivity index (χ4n) is 3.15. The van der Waals surface area contributed by atoms with Gasteiger partial charge in [-0.05, 0) is 48.5 Å². The lowest BCUT2D eigenvalue weighted by molar-refractivity contribution is 0.186. The van der Waals surface area contributed by atoms with E-state index in [4.69, 9.17) is 4.42 Å². The summed E-state index contributed by atoms with van der Waals surface area (Å²) < 4.78 is 18.9. The minimum atomic E-state index is -0.192. The highest BCUT2D eigenvalue weighted by molar-refractivity contribution is 7.13. The van der Waals surface area contributed by atoms with E-state index in [1.807, 2.05) is 29.6 Å². The third-order valence-electron chi connectivity index (χ3n) is 4.35. The molecule has 0 amide bonds. The van der Waals surface area contributed by atoms with E-state index in [-0.39, 0.29) is 11.7 Å². The topological polar surface area (TPSA) is 42.2 Å². The molecule has 1 saturated heterocycles. The van der Waals surface area contributed by atoms with Crippen molar-refractivity contribution in [3.8, 4) is 10.8 Å². The van der Waals surface area contributed by atoms with Crippen molar-refractivity contribution in [2.75, 3.05) is 13.1 Å². The first-order valence-electron chi connectivity index (χ1n) is 8.12. The molecule has 0 bridgehead atoms. The monoisotopic (exact) mass is 343 g/mol. The van der Waals surface area contributed by atoms with E-state index in [2.05, 4.69) is 15.1 Å². The van der Waals surface area contributed by atoms with Gasteiger partial charge in [0.2, 0.25) is 5.89 Å². The molecule has 2 aromatic heterocycles. The van der Waals surface area contributed by atoms with Crippen LogP contribution in [0.4, 0.5) is 4.39 Å². The van der Waals surface area contributed by atoms with E-state index in [9.17, 15) is 4.39 Å². The van der Waals surface area contributed by atoms with E-state index in [0.29, 0.717) is 5.89 Å². The Balaban J connectivity index is 1.44. The number of piperidine rings is 1. The van der Waals surface area contributed by atoms with Crippen LogP contribution in [0.1, 0.15) is 30.2 Å². The number of thiophene rings is 1. The van der Waals surface area contributed by atoms with Crippen LogP contribution in [-0.4, -0.2) is 28.2 Å². The fourth-order valence-corrected chi connectivity index (χ4v) is 3.79. The Morgan fingerprint density at radius 2 is 2.08 bits per heavy atom. The Labute approximate surface area is 143 Å². The lowest BCUT2D eigenvalue weighted by Gasteiger charge is -2.31. The van der Waals surface area contributed by atoms with Gasteiger partial charge in [-0.15, -0.1) is 21.5 Å². The van der Waals surface area contributed by atoms with E-state index in [1.54, 1.807) is 11.3 Å². The molecule has 1 aliphatic rings. The van der Waals surface area contributed by atoms with Gasteiger partial charge in [0.15, 0.2) is 0 Å². The maximum absolute atomic E-state index is 13.0. The number of hydrogen-bond acceptors (Lipinski definition) is 5. The van der Waals surface area contributed by atoms with Crippen molar-refractivity contribution in [1.82, 2.24) is 15.1 Å². The molecule has 6 heteroatoms. The van der Waals surface area contributed by atoms with Gasteiger partial charge >= 0.3 is 0 Å². The molecule has 24 heavy (non-hydrogen) atoms. The van der Waals surface area contributed by atoms with Crippen LogP contribution in [0, 0.1) is 5.82 Å². The van der Waals surface area contributed by atoms with Crippen LogP contribution in [-0.2, 0) is 6.54 Å². The number of hydrogen-bond donors (Lipinski definition) is 0. The molecule has 4 rings (SSSR count).